The molecule has 3 heterocycles. The van der Waals surface area contributed by atoms with Crippen molar-refractivity contribution in [3.63, 3.8) is 0 Å². The number of benzene rings is 1. The van der Waals surface area contributed by atoms with Crippen molar-refractivity contribution < 1.29 is 13.7 Å². The highest BCUT2D eigenvalue weighted by Gasteiger charge is 2.29. The molecule has 0 saturated carbocycles. The second-order valence-corrected chi connectivity index (χ2v) is 7.43. The topological polar surface area (TPSA) is 72.1 Å². The second-order valence-electron chi connectivity index (χ2n) is 7.43. The van der Waals surface area contributed by atoms with E-state index in [-0.39, 0.29) is 17.8 Å². The predicted octanol–water partition coefficient (Wildman–Crippen LogP) is 4.12. The third-order valence-corrected chi connectivity index (χ3v) is 5.46. The lowest BCUT2D eigenvalue weighted by Gasteiger charge is -2.24. The number of halogens is 1. The van der Waals surface area contributed by atoms with Crippen LogP contribution in [-0.2, 0) is 6.42 Å². The van der Waals surface area contributed by atoms with Crippen LogP contribution in [0.1, 0.15) is 46.8 Å². The summed E-state index contributed by atoms with van der Waals surface area (Å²) in [5.74, 6) is 0.357. The van der Waals surface area contributed by atoms with Gasteiger partial charge in [-0.2, -0.15) is 0 Å². The Morgan fingerprint density at radius 3 is 2.66 bits per heavy atom. The predicted molar refractivity (Wildman–Crippen MR) is 106 cm³/mol. The largest absolute Gasteiger partial charge is 0.361 e. The van der Waals surface area contributed by atoms with E-state index >= 15 is 0 Å². The van der Waals surface area contributed by atoms with Gasteiger partial charge < -0.3 is 9.42 Å². The highest BCUT2D eigenvalue weighted by Crippen LogP contribution is 2.26. The first-order valence-corrected chi connectivity index (χ1v) is 9.83. The van der Waals surface area contributed by atoms with Gasteiger partial charge in [0.2, 0.25) is 0 Å². The molecule has 1 aromatic carbocycles. The zero-order chi connectivity index (χ0) is 20.4. The van der Waals surface area contributed by atoms with Crippen molar-refractivity contribution in [2.75, 3.05) is 6.54 Å². The van der Waals surface area contributed by atoms with Gasteiger partial charge in [-0.1, -0.05) is 5.16 Å². The highest BCUT2D eigenvalue weighted by molar-refractivity contribution is 5.94. The molecule has 1 aliphatic rings. The fourth-order valence-corrected chi connectivity index (χ4v) is 3.94. The Bertz CT molecular complexity index is 979. The van der Waals surface area contributed by atoms with E-state index in [9.17, 15) is 9.18 Å². The Morgan fingerprint density at radius 2 is 2.00 bits per heavy atom. The normalized spacial score (nSPS) is 16.4. The van der Waals surface area contributed by atoms with Gasteiger partial charge in [-0.3, -0.25) is 14.8 Å². The Balaban J connectivity index is 1.40. The van der Waals surface area contributed by atoms with E-state index in [0.717, 1.165) is 60.6 Å². The molecule has 0 aliphatic carbocycles. The number of hydrogen-bond acceptors (Lipinski definition) is 5. The standard InChI is InChI=1S/C22H23FN4O2/c1-14-21(15(2)29-26-14)20-13-24-18(12-25-20)9-10-19-4-3-11-27(19)22(28)16-5-7-17(23)8-6-16/h5-8,12-13,19H,3-4,9-11H2,1-2H3/t19-/m1/s1. The number of rotatable bonds is 5. The smallest absolute Gasteiger partial charge is 0.254 e. The molecule has 1 saturated heterocycles. The van der Waals surface area contributed by atoms with Crippen molar-refractivity contribution in [3.8, 4) is 11.3 Å². The Kier molecular flexibility index (Phi) is 5.38. The van der Waals surface area contributed by atoms with Crippen molar-refractivity contribution >= 4 is 5.91 Å². The number of amides is 1. The molecule has 0 N–H and O–H groups in total. The van der Waals surface area contributed by atoms with Crippen LogP contribution < -0.4 is 0 Å². The van der Waals surface area contributed by atoms with Crippen molar-refractivity contribution in [2.45, 2.75) is 45.6 Å². The van der Waals surface area contributed by atoms with Gasteiger partial charge in [0, 0.05) is 24.3 Å². The molecule has 1 aliphatic heterocycles. The van der Waals surface area contributed by atoms with Gasteiger partial charge in [-0.25, -0.2) is 4.39 Å². The van der Waals surface area contributed by atoms with Gasteiger partial charge in [-0.05, 0) is 63.8 Å². The summed E-state index contributed by atoms with van der Waals surface area (Å²) in [7, 11) is 0. The third kappa shape index (κ3) is 4.04. The minimum Gasteiger partial charge on any atom is -0.361 e. The molecule has 150 valence electrons. The number of aryl methyl sites for hydroxylation is 3. The summed E-state index contributed by atoms with van der Waals surface area (Å²) < 4.78 is 18.3. The molecule has 0 unspecified atom stereocenters. The minimum atomic E-state index is -0.335. The molecule has 4 rings (SSSR count). The number of carbonyl (C=O) groups excluding carboxylic acids is 1. The maximum Gasteiger partial charge on any atom is 0.254 e. The monoisotopic (exact) mass is 394 g/mol. The summed E-state index contributed by atoms with van der Waals surface area (Å²) in [5.41, 5.74) is 3.85. The quantitative estimate of drug-likeness (QED) is 0.651. The number of nitrogens with zero attached hydrogens (tertiary/aromatic N) is 4. The van der Waals surface area contributed by atoms with Gasteiger partial charge in [0.05, 0.1) is 28.8 Å². The van der Waals surface area contributed by atoms with Crippen LogP contribution in [0.2, 0.25) is 0 Å². The summed E-state index contributed by atoms with van der Waals surface area (Å²) >= 11 is 0. The van der Waals surface area contributed by atoms with Crippen molar-refractivity contribution in [2.24, 2.45) is 0 Å². The van der Waals surface area contributed by atoms with Crippen LogP contribution in [0.5, 0.6) is 0 Å². The third-order valence-electron chi connectivity index (χ3n) is 5.46. The molecule has 1 amide bonds. The van der Waals surface area contributed by atoms with Crippen LogP contribution >= 0.6 is 0 Å². The van der Waals surface area contributed by atoms with Crippen LogP contribution in [-0.4, -0.2) is 38.5 Å². The first-order chi connectivity index (χ1) is 14.0. The first-order valence-electron chi connectivity index (χ1n) is 9.83. The van der Waals surface area contributed by atoms with E-state index in [1.807, 2.05) is 18.7 Å². The van der Waals surface area contributed by atoms with E-state index in [4.69, 9.17) is 4.52 Å². The Labute approximate surface area is 168 Å². The van der Waals surface area contributed by atoms with Crippen LogP contribution in [0.25, 0.3) is 11.3 Å². The fraction of sp³-hybridized carbons (Fsp3) is 0.364. The lowest BCUT2D eigenvalue weighted by atomic mass is 10.1. The maximum atomic E-state index is 13.1. The number of aromatic nitrogens is 3. The van der Waals surface area contributed by atoms with Crippen LogP contribution in [0.3, 0.4) is 0 Å². The molecule has 7 heteroatoms. The molecule has 1 atom stereocenters. The van der Waals surface area contributed by atoms with Crippen LogP contribution in [0.15, 0.2) is 41.2 Å². The van der Waals surface area contributed by atoms with Crippen LogP contribution in [0, 0.1) is 19.7 Å². The maximum absolute atomic E-state index is 13.1. The van der Waals surface area contributed by atoms with Crippen molar-refractivity contribution in [1.29, 1.82) is 0 Å². The van der Waals surface area contributed by atoms with Gasteiger partial charge in [-0.15, -0.1) is 0 Å². The van der Waals surface area contributed by atoms with Gasteiger partial charge in [0.15, 0.2) is 0 Å². The van der Waals surface area contributed by atoms with E-state index < -0.39 is 0 Å². The Morgan fingerprint density at radius 1 is 1.21 bits per heavy atom. The molecule has 6 nitrogen and oxygen atoms in total. The van der Waals surface area contributed by atoms with Gasteiger partial charge in [0.1, 0.15) is 11.6 Å². The Hall–Kier alpha value is -3.09. The molecule has 29 heavy (non-hydrogen) atoms. The minimum absolute atomic E-state index is 0.0349. The van der Waals surface area contributed by atoms with E-state index in [2.05, 4.69) is 15.1 Å². The van der Waals surface area contributed by atoms with Gasteiger partial charge >= 0.3 is 0 Å². The summed E-state index contributed by atoms with van der Waals surface area (Å²) in [5, 5.41) is 3.96. The zero-order valence-corrected chi connectivity index (χ0v) is 16.6. The summed E-state index contributed by atoms with van der Waals surface area (Å²) in [6, 6.07) is 5.91. The molecule has 0 bridgehead atoms. The highest BCUT2D eigenvalue weighted by atomic mass is 19.1. The molecular weight excluding hydrogens is 371 g/mol. The molecular formula is C22H23FN4O2. The summed E-state index contributed by atoms with van der Waals surface area (Å²) in [4.78, 5) is 23.7. The number of hydrogen-bond donors (Lipinski definition) is 0. The molecule has 1 fully saturated rings. The summed E-state index contributed by atoms with van der Waals surface area (Å²) in [6.07, 6.45) is 7.05. The zero-order valence-electron chi connectivity index (χ0n) is 16.6. The average molecular weight is 394 g/mol. The average Bonchev–Trinajstić information content (AvgIpc) is 3.33. The SMILES string of the molecule is Cc1noc(C)c1-c1cnc(CC[C@H]2CCCN2C(=O)c2ccc(F)cc2)cn1. The van der Waals surface area contributed by atoms with Crippen molar-refractivity contribution in [3.05, 3.63) is 65.2 Å². The summed E-state index contributed by atoms with van der Waals surface area (Å²) in [6.45, 7) is 4.48. The lowest BCUT2D eigenvalue weighted by Crippen LogP contribution is -2.35. The number of carbonyl (C=O) groups is 1. The fourth-order valence-electron chi connectivity index (χ4n) is 3.94. The molecule has 2 aromatic heterocycles. The number of likely N-dealkylation sites (tertiary alicyclic amines) is 1. The van der Waals surface area contributed by atoms with E-state index in [0.29, 0.717) is 5.56 Å². The molecule has 0 spiro atoms. The molecule has 0 radical (unpaired) electrons. The van der Waals surface area contributed by atoms with Gasteiger partial charge in [0.25, 0.3) is 5.91 Å². The van der Waals surface area contributed by atoms with Crippen molar-refractivity contribution in [1.82, 2.24) is 20.0 Å². The molecule has 3 aromatic rings. The van der Waals surface area contributed by atoms with Crippen LogP contribution in [0.4, 0.5) is 4.39 Å². The van der Waals surface area contributed by atoms with E-state index in [1.165, 1.54) is 12.1 Å². The first kappa shape index (κ1) is 19.2. The lowest BCUT2D eigenvalue weighted by molar-refractivity contribution is 0.0730. The second kappa shape index (κ2) is 8.11. The van der Waals surface area contributed by atoms with E-state index in [1.54, 1.807) is 24.5 Å².